The van der Waals surface area contributed by atoms with Crippen LogP contribution in [0.5, 0.6) is 0 Å². The van der Waals surface area contributed by atoms with Gasteiger partial charge in [0, 0.05) is 13.2 Å². The van der Waals surface area contributed by atoms with E-state index in [1.54, 1.807) is 0 Å². The van der Waals surface area contributed by atoms with E-state index < -0.39 is 0 Å². The molecule has 0 aliphatic carbocycles. The van der Waals surface area contributed by atoms with E-state index in [-0.39, 0.29) is 0 Å². The summed E-state index contributed by atoms with van der Waals surface area (Å²) >= 11 is 0. The van der Waals surface area contributed by atoms with Crippen molar-refractivity contribution in [2.75, 3.05) is 13.2 Å². The van der Waals surface area contributed by atoms with Crippen LogP contribution in [0.3, 0.4) is 0 Å². The summed E-state index contributed by atoms with van der Waals surface area (Å²) in [5.74, 6) is 1.72. The first-order valence-electron chi connectivity index (χ1n) is 13.3. The highest BCUT2D eigenvalue weighted by Crippen LogP contribution is 2.15. The summed E-state index contributed by atoms with van der Waals surface area (Å²) in [7, 11) is 0. The zero-order valence-electron chi connectivity index (χ0n) is 20.9. The molecule has 1 nitrogen and oxygen atoms in total. The maximum atomic E-state index is 5.80. The van der Waals surface area contributed by atoms with Gasteiger partial charge >= 0.3 is 0 Å². The fraction of sp³-hybridized carbons (Fsp3) is 0.793. The summed E-state index contributed by atoms with van der Waals surface area (Å²) in [6, 6.07) is 9.34. The Morgan fingerprint density at radius 2 is 1.23 bits per heavy atom. The van der Waals surface area contributed by atoms with E-state index in [2.05, 4.69) is 52.0 Å². The molecule has 0 saturated carbocycles. The average molecular weight is 417 g/mol. The number of hydrogen-bond donors (Lipinski definition) is 0. The number of benzene rings is 1. The molecular formula is C29H52O. The van der Waals surface area contributed by atoms with Gasteiger partial charge in [0.1, 0.15) is 0 Å². The van der Waals surface area contributed by atoms with Gasteiger partial charge in [0.25, 0.3) is 0 Å². The molecule has 30 heavy (non-hydrogen) atoms. The summed E-state index contributed by atoms with van der Waals surface area (Å²) in [6.07, 6.45) is 19.9. The van der Waals surface area contributed by atoms with Gasteiger partial charge in [-0.2, -0.15) is 0 Å². The molecule has 0 N–H and O–H groups in total. The lowest BCUT2D eigenvalue weighted by atomic mass is 10.00. The van der Waals surface area contributed by atoms with Crippen molar-refractivity contribution < 1.29 is 4.74 Å². The molecule has 1 unspecified atom stereocenters. The first-order chi connectivity index (χ1) is 14.6. The predicted octanol–water partition coefficient (Wildman–Crippen LogP) is 9.17. The van der Waals surface area contributed by atoms with E-state index >= 15 is 0 Å². The smallest absolute Gasteiger partial charge is 0.0466 e. The van der Waals surface area contributed by atoms with Crippen LogP contribution >= 0.6 is 0 Å². The zero-order valence-corrected chi connectivity index (χ0v) is 20.9. The lowest BCUT2D eigenvalue weighted by Crippen LogP contribution is -2.00. The van der Waals surface area contributed by atoms with E-state index in [1.165, 1.54) is 107 Å². The fourth-order valence-corrected chi connectivity index (χ4v) is 4.08. The van der Waals surface area contributed by atoms with Crippen molar-refractivity contribution in [3.8, 4) is 0 Å². The molecule has 174 valence electrons. The highest BCUT2D eigenvalue weighted by atomic mass is 16.5. The summed E-state index contributed by atoms with van der Waals surface area (Å²) < 4.78 is 5.80. The van der Waals surface area contributed by atoms with Crippen molar-refractivity contribution in [3.05, 3.63) is 35.4 Å². The first-order valence-corrected chi connectivity index (χ1v) is 13.3. The standard InChI is InChI=1S/C29H52O/c1-5-27(4)18-16-24-30-23-14-10-13-20-29-22-15-21-28(25-29)19-12-9-7-6-8-11-17-26(2)3/h15,21-22,25-27H,5-14,16-20,23-24H2,1-4H3. The molecule has 1 heteroatoms. The van der Waals surface area contributed by atoms with Crippen LogP contribution in [0, 0.1) is 11.8 Å². The molecule has 1 rings (SSSR count). The number of hydrogen-bond acceptors (Lipinski definition) is 1. The average Bonchev–Trinajstić information content (AvgIpc) is 2.74. The Morgan fingerprint density at radius 3 is 1.87 bits per heavy atom. The highest BCUT2D eigenvalue weighted by molar-refractivity contribution is 5.23. The summed E-state index contributed by atoms with van der Waals surface area (Å²) in [6.45, 7) is 11.2. The second-order valence-corrected chi connectivity index (χ2v) is 9.95. The van der Waals surface area contributed by atoms with E-state index in [4.69, 9.17) is 4.74 Å². The van der Waals surface area contributed by atoms with Crippen LogP contribution in [0.4, 0.5) is 0 Å². The van der Waals surface area contributed by atoms with Crippen molar-refractivity contribution in [2.45, 2.75) is 124 Å². The third-order valence-corrected chi connectivity index (χ3v) is 6.42. The van der Waals surface area contributed by atoms with Crippen molar-refractivity contribution >= 4 is 0 Å². The molecule has 0 amide bonds. The van der Waals surface area contributed by atoms with Gasteiger partial charge in [-0.05, 0) is 67.9 Å². The number of ether oxygens (including phenoxy) is 1. The zero-order chi connectivity index (χ0) is 21.9. The topological polar surface area (TPSA) is 9.23 Å². The number of unbranched alkanes of at least 4 members (excludes halogenated alkanes) is 7. The molecule has 0 heterocycles. The summed E-state index contributed by atoms with van der Waals surface area (Å²) in [4.78, 5) is 0. The normalized spacial score (nSPS) is 12.6. The molecule has 1 atom stereocenters. The van der Waals surface area contributed by atoms with Crippen molar-refractivity contribution in [2.24, 2.45) is 11.8 Å². The number of rotatable bonds is 20. The third kappa shape index (κ3) is 15.9. The van der Waals surface area contributed by atoms with Gasteiger partial charge in [-0.25, -0.2) is 0 Å². The van der Waals surface area contributed by atoms with E-state index in [0.29, 0.717) is 0 Å². The molecule has 1 aromatic rings. The maximum absolute atomic E-state index is 5.80. The van der Waals surface area contributed by atoms with Gasteiger partial charge in [-0.3, -0.25) is 0 Å². The second-order valence-electron chi connectivity index (χ2n) is 9.95. The number of aryl methyl sites for hydroxylation is 2. The monoisotopic (exact) mass is 416 g/mol. The van der Waals surface area contributed by atoms with Crippen LogP contribution < -0.4 is 0 Å². The van der Waals surface area contributed by atoms with Gasteiger partial charge in [0.05, 0.1) is 0 Å². The molecule has 0 saturated heterocycles. The van der Waals surface area contributed by atoms with Crippen LogP contribution in [0.1, 0.15) is 122 Å². The molecule has 0 aliphatic heterocycles. The molecule has 1 aromatic carbocycles. The fourth-order valence-electron chi connectivity index (χ4n) is 4.08. The summed E-state index contributed by atoms with van der Waals surface area (Å²) in [5.41, 5.74) is 3.06. The van der Waals surface area contributed by atoms with Gasteiger partial charge in [-0.1, -0.05) is 103 Å². The largest absolute Gasteiger partial charge is 0.381 e. The van der Waals surface area contributed by atoms with Crippen molar-refractivity contribution in [1.29, 1.82) is 0 Å². The minimum atomic E-state index is 0.851. The molecule has 0 aliphatic rings. The Kier molecular flexibility index (Phi) is 17.2. The quantitative estimate of drug-likeness (QED) is 0.192. The Hall–Kier alpha value is -0.820. The lowest BCUT2D eigenvalue weighted by molar-refractivity contribution is 0.123. The lowest BCUT2D eigenvalue weighted by Gasteiger charge is -2.09. The minimum absolute atomic E-state index is 0.851. The third-order valence-electron chi connectivity index (χ3n) is 6.42. The highest BCUT2D eigenvalue weighted by Gasteiger charge is 2.00. The SMILES string of the molecule is CCC(C)CCCOCCCCCc1cccc(CCCCCCCCC(C)C)c1. The molecule has 0 fully saturated rings. The van der Waals surface area contributed by atoms with Crippen LogP contribution in [0.2, 0.25) is 0 Å². The Labute approximate surface area is 189 Å². The van der Waals surface area contributed by atoms with E-state index in [0.717, 1.165) is 25.0 Å². The Morgan fingerprint density at radius 1 is 0.667 bits per heavy atom. The van der Waals surface area contributed by atoms with Gasteiger partial charge < -0.3 is 4.74 Å². The first kappa shape index (κ1) is 27.2. The maximum Gasteiger partial charge on any atom is 0.0466 e. The molecule has 0 spiro atoms. The second kappa shape index (κ2) is 18.9. The predicted molar refractivity (Wildman–Crippen MR) is 134 cm³/mol. The van der Waals surface area contributed by atoms with Gasteiger partial charge in [0.15, 0.2) is 0 Å². The Balaban J connectivity index is 2.00. The van der Waals surface area contributed by atoms with E-state index in [1.807, 2.05) is 0 Å². The van der Waals surface area contributed by atoms with Crippen LogP contribution in [0.15, 0.2) is 24.3 Å². The Bertz CT molecular complexity index is 493. The molecular weight excluding hydrogens is 364 g/mol. The summed E-state index contributed by atoms with van der Waals surface area (Å²) in [5, 5.41) is 0. The molecule has 0 radical (unpaired) electrons. The van der Waals surface area contributed by atoms with Crippen LogP contribution in [-0.2, 0) is 17.6 Å². The van der Waals surface area contributed by atoms with Crippen LogP contribution in [0.25, 0.3) is 0 Å². The van der Waals surface area contributed by atoms with Crippen molar-refractivity contribution in [3.63, 3.8) is 0 Å². The van der Waals surface area contributed by atoms with E-state index in [9.17, 15) is 0 Å². The molecule has 0 aromatic heterocycles. The van der Waals surface area contributed by atoms with Gasteiger partial charge in [-0.15, -0.1) is 0 Å². The molecule has 0 bridgehead atoms. The van der Waals surface area contributed by atoms with Crippen LogP contribution in [-0.4, -0.2) is 13.2 Å². The minimum Gasteiger partial charge on any atom is -0.381 e. The van der Waals surface area contributed by atoms with Gasteiger partial charge in [0.2, 0.25) is 0 Å². The van der Waals surface area contributed by atoms with Crippen molar-refractivity contribution in [1.82, 2.24) is 0 Å².